The molecular weight excluding hydrogens is 308 g/mol. The predicted octanol–water partition coefficient (Wildman–Crippen LogP) is 2.80. The molecular formula is C14H16N2O3S2. The van der Waals surface area contributed by atoms with Crippen molar-refractivity contribution in [2.45, 2.75) is 9.79 Å². The minimum Gasteiger partial charge on any atom is -0.495 e. The Bertz CT molecular complexity index is 728. The Morgan fingerprint density at radius 2 is 1.81 bits per heavy atom. The van der Waals surface area contributed by atoms with Crippen molar-refractivity contribution in [1.29, 1.82) is 0 Å². The first-order valence-corrected chi connectivity index (χ1v) is 8.77. The third-order valence-electron chi connectivity index (χ3n) is 2.82. The molecule has 0 radical (unpaired) electrons. The molecule has 112 valence electrons. The van der Waals surface area contributed by atoms with Crippen molar-refractivity contribution < 1.29 is 13.2 Å². The Hall–Kier alpha value is -1.86. The van der Waals surface area contributed by atoms with Crippen LogP contribution in [-0.2, 0) is 10.0 Å². The van der Waals surface area contributed by atoms with Crippen LogP contribution in [0.3, 0.4) is 0 Å². The maximum absolute atomic E-state index is 12.4. The lowest BCUT2D eigenvalue weighted by atomic mass is 10.3. The van der Waals surface area contributed by atoms with Gasteiger partial charge in [0.05, 0.1) is 7.11 Å². The normalized spacial score (nSPS) is 11.1. The van der Waals surface area contributed by atoms with Crippen LogP contribution in [0.4, 0.5) is 11.4 Å². The van der Waals surface area contributed by atoms with Crippen LogP contribution in [0.5, 0.6) is 5.75 Å². The van der Waals surface area contributed by atoms with Crippen molar-refractivity contribution in [1.82, 2.24) is 0 Å². The largest absolute Gasteiger partial charge is 0.495 e. The summed E-state index contributed by atoms with van der Waals surface area (Å²) < 4.78 is 32.5. The summed E-state index contributed by atoms with van der Waals surface area (Å²) in [4.78, 5) is 1.07. The van der Waals surface area contributed by atoms with Crippen LogP contribution in [0.1, 0.15) is 0 Å². The molecule has 2 rings (SSSR count). The highest BCUT2D eigenvalue weighted by Crippen LogP contribution is 2.28. The second-order valence-electron chi connectivity index (χ2n) is 4.24. The van der Waals surface area contributed by atoms with Gasteiger partial charge in [-0.2, -0.15) is 0 Å². The standard InChI is InChI=1S/C14H16N2O3S2/c1-19-13-8-3-10(15)9-14(13)21(17,18)16-11-4-6-12(20-2)7-5-11/h3-9,16H,15H2,1-2H3. The number of anilines is 2. The molecule has 0 unspecified atom stereocenters. The van der Waals surface area contributed by atoms with E-state index in [4.69, 9.17) is 10.5 Å². The average molecular weight is 324 g/mol. The number of benzene rings is 2. The highest BCUT2D eigenvalue weighted by atomic mass is 32.2. The Morgan fingerprint density at radius 3 is 2.38 bits per heavy atom. The van der Waals surface area contributed by atoms with Gasteiger partial charge in [0.15, 0.2) is 0 Å². The summed E-state index contributed by atoms with van der Waals surface area (Å²) in [7, 11) is -2.35. The number of nitrogens with two attached hydrogens (primary N) is 1. The fourth-order valence-corrected chi connectivity index (χ4v) is 3.44. The summed E-state index contributed by atoms with van der Waals surface area (Å²) in [6.07, 6.45) is 1.96. The van der Waals surface area contributed by atoms with E-state index in [9.17, 15) is 8.42 Å². The summed E-state index contributed by atoms with van der Waals surface area (Å²) in [6.45, 7) is 0. The molecule has 0 spiro atoms. The summed E-state index contributed by atoms with van der Waals surface area (Å²) in [5.74, 6) is 0.248. The Labute approximate surface area is 128 Å². The zero-order valence-corrected chi connectivity index (χ0v) is 13.3. The quantitative estimate of drug-likeness (QED) is 0.653. The highest BCUT2D eigenvalue weighted by molar-refractivity contribution is 7.98. The zero-order chi connectivity index (χ0) is 15.5. The van der Waals surface area contributed by atoms with Gasteiger partial charge in [-0.3, -0.25) is 4.72 Å². The highest BCUT2D eigenvalue weighted by Gasteiger charge is 2.20. The monoisotopic (exact) mass is 324 g/mol. The number of methoxy groups -OCH3 is 1. The Morgan fingerprint density at radius 1 is 1.14 bits per heavy atom. The van der Waals surface area contributed by atoms with Crippen LogP contribution < -0.4 is 15.2 Å². The topological polar surface area (TPSA) is 81.4 Å². The third-order valence-corrected chi connectivity index (χ3v) is 4.97. The summed E-state index contributed by atoms with van der Waals surface area (Å²) in [6, 6.07) is 11.6. The lowest BCUT2D eigenvalue weighted by Crippen LogP contribution is -2.14. The number of sulfonamides is 1. The maximum Gasteiger partial charge on any atom is 0.265 e. The summed E-state index contributed by atoms with van der Waals surface area (Å²) in [5, 5.41) is 0. The van der Waals surface area contributed by atoms with Gasteiger partial charge < -0.3 is 10.5 Å². The number of nitrogen functional groups attached to an aromatic ring is 1. The minimum atomic E-state index is -3.76. The molecule has 0 atom stereocenters. The van der Waals surface area contributed by atoms with Crippen LogP contribution in [0.25, 0.3) is 0 Å². The van der Waals surface area contributed by atoms with Crippen molar-refractivity contribution in [3.05, 3.63) is 42.5 Å². The molecule has 0 saturated carbocycles. The molecule has 21 heavy (non-hydrogen) atoms. The fraction of sp³-hybridized carbons (Fsp3) is 0.143. The molecule has 0 fully saturated rings. The third kappa shape index (κ3) is 3.62. The van der Waals surface area contributed by atoms with Gasteiger partial charge in [-0.25, -0.2) is 8.42 Å². The molecule has 0 aliphatic heterocycles. The van der Waals surface area contributed by atoms with Crippen LogP contribution in [0.15, 0.2) is 52.3 Å². The van der Waals surface area contributed by atoms with Crippen molar-refractivity contribution in [3.8, 4) is 5.75 Å². The van der Waals surface area contributed by atoms with Crippen LogP contribution in [0.2, 0.25) is 0 Å². The minimum absolute atomic E-state index is 0.0129. The second kappa shape index (κ2) is 6.28. The van der Waals surface area contributed by atoms with Crippen molar-refractivity contribution >= 4 is 33.2 Å². The van der Waals surface area contributed by atoms with Crippen molar-refractivity contribution in [2.75, 3.05) is 23.8 Å². The number of thioether (sulfide) groups is 1. The van der Waals surface area contributed by atoms with E-state index in [-0.39, 0.29) is 10.6 Å². The lowest BCUT2D eigenvalue weighted by Gasteiger charge is -2.12. The van der Waals surface area contributed by atoms with E-state index in [1.165, 1.54) is 19.2 Å². The fourth-order valence-electron chi connectivity index (χ4n) is 1.77. The molecule has 0 saturated heterocycles. The zero-order valence-electron chi connectivity index (χ0n) is 11.7. The maximum atomic E-state index is 12.4. The van der Waals surface area contributed by atoms with Crippen LogP contribution >= 0.6 is 11.8 Å². The molecule has 0 aromatic heterocycles. The van der Waals surface area contributed by atoms with Gasteiger partial charge in [0.1, 0.15) is 10.6 Å². The predicted molar refractivity (Wildman–Crippen MR) is 86.4 cm³/mol. The van der Waals surface area contributed by atoms with Gasteiger partial charge in [0.25, 0.3) is 10.0 Å². The summed E-state index contributed by atoms with van der Waals surface area (Å²) in [5.41, 5.74) is 6.50. The SMILES string of the molecule is COc1ccc(N)cc1S(=O)(=O)Nc1ccc(SC)cc1. The lowest BCUT2D eigenvalue weighted by molar-refractivity contribution is 0.403. The van der Waals surface area contributed by atoms with Crippen LogP contribution in [0, 0.1) is 0 Å². The second-order valence-corrected chi connectivity index (χ2v) is 6.77. The number of hydrogen-bond donors (Lipinski definition) is 2. The number of rotatable bonds is 5. The smallest absolute Gasteiger partial charge is 0.265 e. The molecule has 2 aromatic rings. The van der Waals surface area contributed by atoms with E-state index in [0.29, 0.717) is 11.4 Å². The summed E-state index contributed by atoms with van der Waals surface area (Å²) >= 11 is 1.59. The van der Waals surface area contributed by atoms with Crippen molar-refractivity contribution in [2.24, 2.45) is 0 Å². The Kier molecular flexibility index (Phi) is 4.64. The number of ether oxygens (including phenoxy) is 1. The molecule has 2 aromatic carbocycles. The van der Waals surface area contributed by atoms with E-state index in [0.717, 1.165) is 4.90 Å². The van der Waals surface area contributed by atoms with Gasteiger partial charge in [-0.05, 0) is 48.7 Å². The van der Waals surface area contributed by atoms with Gasteiger partial charge in [0, 0.05) is 16.3 Å². The molecule has 5 nitrogen and oxygen atoms in total. The average Bonchev–Trinajstić information content (AvgIpc) is 2.47. The van der Waals surface area contributed by atoms with E-state index in [1.54, 1.807) is 30.0 Å². The molecule has 0 aliphatic carbocycles. The molecule has 0 heterocycles. The van der Waals surface area contributed by atoms with Gasteiger partial charge in [-0.15, -0.1) is 11.8 Å². The van der Waals surface area contributed by atoms with E-state index >= 15 is 0 Å². The molecule has 7 heteroatoms. The van der Waals surface area contributed by atoms with Gasteiger partial charge in [0.2, 0.25) is 0 Å². The van der Waals surface area contributed by atoms with Gasteiger partial charge >= 0.3 is 0 Å². The van der Waals surface area contributed by atoms with E-state index < -0.39 is 10.0 Å². The molecule has 3 N–H and O–H groups in total. The molecule has 0 bridgehead atoms. The first-order chi connectivity index (χ1) is 9.96. The van der Waals surface area contributed by atoms with E-state index in [2.05, 4.69) is 4.72 Å². The first-order valence-electron chi connectivity index (χ1n) is 6.06. The van der Waals surface area contributed by atoms with Crippen LogP contribution in [-0.4, -0.2) is 21.8 Å². The number of hydrogen-bond acceptors (Lipinski definition) is 5. The van der Waals surface area contributed by atoms with Crippen molar-refractivity contribution in [3.63, 3.8) is 0 Å². The molecule has 0 aliphatic rings. The molecule has 0 amide bonds. The van der Waals surface area contributed by atoms with Gasteiger partial charge in [-0.1, -0.05) is 0 Å². The number of nitrogens with one attached hydrogen (secondary N) is 1. The van der Waals surface area contributed by atoms with E-state index in [1.807, 2.05) is 18.4 Å². The first kappa shape index (κ1) is 15.5. The Balaban J connectivity index is 2.35.